The second kappa shape index (κ2) is 7.50. The number of nitrogens with two attached hydrogens (primary N) is 2. The number of benzene rings is 1. The Balaban J connectivity index is 1.63. The van der Waals surface area contributed by atoms with Crippen LogP contribution in [0.25, 0.3) is 0 Å². The molecule has 4 rings (SSSR count). The normalized spacial score (nSPS) is 28.7. The van der Waals surface area contributed by atoms with E-state index in [2.05, 4.69) is 21.3 Å². The number of amidine groups is 1. The van der Waals surface area contributed by atoms with Crippen LogP contribution in [0, 0.1) is 0 Å². The first-order valence-electron chi connectivity index (χ1n) is 9.70. The summed E-state index contributed by atoms with van der Waals surface area (Å²) in [5.41, 5.74) is 15.8. The molecule has 2 atom stereocenters. The molecule has 1 aromatic carbocycles. The third-order valence-corrected chi connectivity index (χ3v) is 5.87. The number of fused-ring (bicyclic) bond motifs is 1. The summed E-state index contributed by atoms with van der Waals surface area (Å²) >= 11 is 0. The molecule has 0 saturated carbocycles. The predicted octanol–water partition coefficient (Wildman–Crippen LogP) is 0.818. The minimum atomic E-state index is -1.10. The number of ether oxygens (including phenoxy) is 2. The Bertz CT molecular complexity index is 757. The zero-order valence-corrected chi connectivity index (χ0v) is 15.9. The average Bonchev–Trinajstić information content (AvgIpc) is 2.90. The zero-order valence-electron chi connectivity index (χ0n) is 15.9. The van der Waals surface area contributed by atoms with Crippen molar-refractivity contribution >= 4 is 5.84 Å². The van der Waals surface area contributed by atoms with Gasteiger partial charge in [-0.2, -0.15) is 0 Å². The van der Waals surface area contributed by atoms with Crippen LogP contribution < -0.4 is 21.5 Å². The van der Waals surface area contributed by atoms with Gasteiger partial charge in [-0.05, 0) is 49.0 Å². The molecule has 3 aliphatic rings. The van der Waals surface area contributed by atoms with E-state index in [4.69, 9.17) is 20.9 Å². The highest BCUT2D eigenvalue weighted by atomic mass is 16.5. The van der Waals surface area contributed by atoms with Crippen LogP contribution in [-0.2, 0) is 23.4 Å². The van der Waals surface area contributed by atoms with Crippen molar-refractivity contribution in [1.29, 1.82) is 0 Å². The Labute approximate surface area is 160 Å². The summed E-state index contributed by atoms with van der Waals surface area (Å²) in [5, 5.41) is 3.13. The topological polar surface area (TPSA) is 98.1 Å². The maximum absolute atomic E-state index is 6.53. The van der Waals surface area contributed by atoms with Crippen molar-refractivity contribution in [2.45, 2.75) is 37.5 Å². The van der Waals surface area contributed by atoms with Gasteiger partial charge in [-0.15, -0.1) is 0 Å². The van der Waals surface area contributed by atoms with Crippen LogP contribution in [0.2, 0.25) is 0 Å². The number of nitrogens with one attached hydrogen (secondary N) is 1. The van der Waals surface area contributed by atoms with E-state index in [9.17, 15) is 0 Å². The molecule has 0 spiro atoms. The third kappa shape index (κ3) is 3.54. The minimum absolute atomic E-state index is 0.403. The predicted molar refractivity (Wildman–Crippen MR) is 106 cm³/mol. The number of aryl methyl sites for hydroxylation is 1. The van der Waals surface area contributed by atoms with Gasteiger partial charge in [0.25, 0.3) is 0 Å². The lowest BCUT2D eigenvalue weighted by Crippen LogP contribution is -2.49. The van der Waals surface area contributed by atoms with Crippen LogP contribution in [0.15, 0.2) is 29.4 Å². The molecule has 1 aliphatic carbocycles. The maximum Gasteiger partial charge on any atom is 0.214 e. The lowest BCUT2D eigenvalue weighted by molar-refractivity contribution is 0.0136. The molecule has 146 valence electrons. The molecule has 0 amide bonds. The second-order valence-electron chi connectivity index (χ2n) is 7.44. The molecule has 0 aromatic heterocycles. The largest absolute Gasteiger partial charge is 0.496 e. The lowest BCUT2D eigenvalue weighted by Gasteiger charge is -2.34. The minimum Gasteiger partial charge on any atom is -0.496 e. The van der Waals surface area contributed by atoms with Gasteiger partial charge in [0.05, 0.1) is 25.9 Å². The van der Waals surface area contributed by atoms with Crippen LogP contribution in [0.3, 0.4) is 0 Å². The summed E-state index contributed by atoms with van der Waals surface area (Å²) in [4.78, 5) is 7.00. The maximum atomic E-state index is 6.53. The number of methoxy groups -OCH3 is 1. The van der Waals surface area contributed by atoms with Gasteiger partial charge in [-0.25, -0.2) is 4.99 Å². The summed E-state index contributed by atoms with van der Waals surface area (Å²) in [6.07, 6.45) is 7.73. The van der Waals surface area contributed by atoms with Gasteiger partial charge in [0.1, 0.15) is 11.6 Å². The van der Waals surface area contributed by atoms with Gasteiger partial charge in [0.15, 0.2) is 0 Å². The van der Waals surface area contributed by atoms with E-state index in [1.54, 1.807) is 19.4 Å². The molecule has 0 radical (unpaired) electrons. The quantitative estimate of drug-likeness (QED) is 0.681. The van der Waals surface area contributed by atoms with Crippen molar-refractivity contribution in [1.82, 2.24) is 10.2 Å². The number of aliphatic imine (C=N–C) groups is 1. The fourth-order valence-electron chi connectivity index (χ4n) is 4.46. The van der Waals surface area contributed by atoms with E-state index in [0.29, 0.717) is 11.9 Å². The van der Waals surface area contributed by atoms with Crippen LogP contribution >= 0.6 is 0 Å². The number of hydrogen-bond donors (Lipinski definition) is 3. The molecule has 0 bridgehead atoms. The van der Waals surface area contributed by atoms with Crippen molar-refractivity contribution in [2.75, 3.05) is 33.4 Å². The monoisotopic (exact) mass is 371 g/mol. The van der Waals surface area contributed by atoms with E-state index in [-0.39, 0.29) is 0 Å². The van der Waals surface area contributed by atoms with Crippen LogP contribution in [0.4, 0.5) is 0 Å². The summed E-state index contributed by atoms with van der Waals surface area (Å²) in [7, 11) is 1.71. The fraction of sp³-hybridized carbons (Fsp3) is 0.550. The SMILES string of the molecule is COc1c(C2(N)N=C(N)C=CN2)ccc2c1CCC(N1CCOCC1)CC2. The van der Waals surface area contributed by atoms with E-state index >= 15 is 0 Å². The number of nitrogens with zero attached hydrogens (tertiary/aromatic N) is 2. The van der Waals surface area contributed by atoms with Gasteiger partial charge >= 0.3 is 0 Å². The summed E-state index contributed by atoms with van der Waals surface area (Å²) < 4.78 is 11.4. The van der Waals surface area contributed by atoms with Crippen molar-refractivity contribution < 1.29 is 9.47 Å². The van der Waals surface area contributed by atoms with E-state index < -0.39 is 5.79 Å². The van der Waals surface area contributed by atoms with Crippen LogP contribution in [-0.4, -0.2) is 50.2 Å². The summed E-state index contributed by atoms with van der Waals surface area (Å²) in [6, 6.07) is 4.79. The smallest absolute Gasteiger partial charge is 0.214 e. The van der Waals surface area contributed by atoms with Crippen LogP contribution in [0.1, 0.15) is 29.5 Å². The van der Waals surface area contributed by atoms with Crippen molar-refractivity contribution in [3.63, 3.8) is 0 Å². The molecule has 1 aromatic rings. The fourth-order valence-corrected chi connectivity index (χ4v) is 4.46. The van der Waals surface area contributed by atoms with Gasteiger partial charge in [-0.1, -0.05) is 6.07 Å². The average molecular weight is 371 g/mol. The highest BCUT2D eigenvalue weighted by molar-refractivity contribution is 5.92. The first kappa shape index (κ1) is 18.3. The molecule has 1 fully saturated rings. The van der Waals surface area contributed by atoms with Crippen molar-refractivity contribution in [3.05, 3.63) is 41.1 Å². The number of rotatable bonds is 3. The molecular weight excluding hydrogens is 342 g/mol. The van der Waals surface area contributed by atoms with E-state index in [0.717, 1.165) is 63.3 Å². The highest BCUT2D eigenvalue weighted by Gasteiger charge is 2.34. The third-order valence-electron chi connectivity index (χ3n) is 5.87. The Morgan fingerprint density at radius 3 is 2.78 bits per heavy atom. The molecule has 5 N–H and O–H groups in total. The number of hydrogen-bond acceptors (Lipinski definition) is 7. The molecular formula is C20H29N5O2. The Kier molecular flexibility index (Phi) is 5.08. The molecule has 2 aliphatic heterocycles. The standard InChI is InChI=1S/C20H29N5O2/c1-26-19-16-6-5-15(25-10-12-27-13-11-25)4-2-14(16)3-7-17(19)20(22)23-9-8-18(21)24-20/h3,7-9,15,23H,2,4-6,10-13,22H2,1H3,(H2,21,24). The molecule has 2 unspecified atom stereocenters. The Hall–Kier alpha value is -2.09. The Morgan fingerprint density at radius 1 is 1.26 bits per heavy atom. The van der Waals surface area contributed by atoms with E-state index in [1.165, 1.54) is 11.1 Å². The van der Waals surface area contributed by atoms with Gasteiger partial charge in [0.2, 0.25) is 5.79 Å². The lowest BCUT2D eigenvalue weighted by atomic mass is 9.95. The zero-order chi connectivity index (χ0) is 18.9. The molecule has 1 saturated heterocycles. The van der Waals surface area contributed by atoms with Crippen LogP contribution in [0.5, 0.6) is 5.75 Å². The summed E-state index contributed by atoms with van der Waals surface area (Å²) in [6.45, 7) is 3.73. The number of morpholine rings is 1. The second-order valence-corrected chi connectivity index (χ2v) is 7.44. The highest BCUT2D eigenvalue weighted by Crippen LogP contribution is 2.37. The summed E-state index contributed by atoms with van der Waals surface area (Å²) in [5.74, 6) is 0.132. The molecule has 27 heavy (non-hydrogen) atoms. The first-order valence-corrected chi connectivity index (χ1v) is 9.70. The molecule has 7 heteroatoms. The Morgan fingerprint density at radius 2 is 2.04 bits per heavy atom. The van der Waals surface area contributed by atoms with Crippen molar-refractivity contribution in [3.8, 4) is 5.75 Å². The molecule has 7 nitrogen and oxygen atoms in total. The van der Waals surface area contributed by atoms with Gasteiger partial charge in [0, 0.05) is 25.3 Å². The molecule has 2 heterocycles. The van der Waals surface area contributed by atoms with Gasteiger partial charge < -0.3 is 20.5 Å². The van der Waals surface area contributed by atoms with E-state index in [1.807, 2.05) is 6.07 Å². The van der Waals surface area contributed by atoms with Crippen molar-refractivity contribution in [2.24, 2.45) is 16.5 Å². The first-order chi connectivity index (χ1) is 13.1. The van der Waals surface area contributed by atoms with Gasteiger partial charge in [-0.3, -0.25) is 10.6 Å².